The van der Waals surface area contributed by atoms with Gasteiger partial charge in [-0.1, -0.05) is 53.2 Å². The molecule has 0 radical (unpaired) electrons. The molecule has 3 aromatic rings. The van der Waals surface area contributed by atoms with Crippen molar-refractivity contribution in [3.63, 3.8) is 0 Å². The molecule has 2 N–H and O–H groups in total. The standard InChI is InChI=1S/C22H21ClN2O2/c1-14-11-18(23)8-9-19(14)20(16-6-4-3-5-7-16)12-21(25-27)17-10-15(2)22(26)24-13-17/h3-11,13,20,27H,12H2,1-2H3,(H,24,26)/b25-21+. The van der Waals surface area contributed by atoms with Crippen LogP contribution in [0.25, 0.3) is 0 Å². The van der Waals surface area contributed by atoms with Crippen molar-refractivity contribution in [3.05, 3.63) is 104 Å². The fourth-order valence-electron chi connectivity index (χ4n) is 3.30. The Morgan fingerprint density at radius 2 is 1.85 bits per heavy atom. The van der Waals surface area contributed by atoms with Crippen molar-refractivity contribution in [3.8, 4) is 0 Å². The summed E-state index contributed by atoms with van der Waals surface area (Å²) in [5.41, 5.74) is 4.95. The molecule has 0 amide bonds. The SMILES string of the molecule is Cc1cc(Cl)ccc1C(C/C(=N\O)c1c[nH]c(=O)c(C)c1)c1ccccc1. The van der Waals surface area contributed by atoms with E-state index in [0.29, 0.717) is 28.3 Å². The summed E-state index contributed by atoms with van der Waals surface area (Å²) in [5.74, 6) is -0.0124. The van der Waals surface area contributed by atoms with Crippen LogP contribution in [0.2, 0.25) is 5.02 Å². The largest absolute Gasteiger partial charge is 0.411 e. The Bertz CT molecular complexity index is 1030. The predicted octanol–water partition coefficient (Wildman–Crippen LogP) is 5.05. The first-order chi connectivity index (χ1) is 13.0. The fraction of sp³-hybridized carbons (Fsp3) is 0.182. The number of hydrogen-bond acceptors (Lipinski definition) is 3. The van der Waals surface area contributed by atoms with Crippen LogP contribution in [-0.4, -0.2) is 15.9 Å². The van der Waals surface area contributed by atoms with Gasteiger partial charge in [-0.05, 0) is 48.7 Å². The third-order valence-electron chi connectivity index (χ3n) is 4.75. The summed E-state index contributed by atoms with van der Waals surface area (Å²) in [6.45, 7) is 3.76. The van der Waals surface area contributed by atoms with E-state index in [0.717, 1.165) is 16.7 Å². The highest BCUT2D eigenvalue weighted by molar-refractivity contribution is 6.30. The average Bonchev–Trinajstić information content (AvgIpc) is 2.67. The van der Waals surface area contributed by atoms with Gasteiger partial charge in [0, 0.05) is 34.7 Å². The number of nitrogens with one attached hydrogen (secondary N) is 1. The van der Waals surface area contributed by atoms with E-state index in [4.69, 9.17) is 11.6 Å². The molecule has 27 heavy (non-hydrogen) atoms. The van der Waals surface area contributed by atoms with E-state index in [9.17, 15) is 10.0 Å². The van der Waals surface area contributed by atoms with E-state index >= 15 is 0 Å². The maximum atomic E-state index is 11.7. The van der Waals surface area contributed by atoms with Crippen LogP contribution in [0.4, 0.5) is 0 Å². The number of pyridine rings is 1. The van der Waals surface area contributed by atoms with Gasteiger partial charge >= 0.3 is 0 Å². The Kier molecular flexibility index (Phi) is 5.77. The first-order valence-corrected chi connectivity index (χ1v) is 9.09. The van der Waals surface area contributed by atoms with Gasteiger partial charge in [0.15, 0.2) is 0 Å². The number of benzene rings is 2. The van der Waals surface area contributed by atoms with Crippen LogP contribution in [-0.2, 0) is 0 Å². The number of aryl methyl sites for hydroxylation is 2. The molecule has 1 aromatic heterocycles. The Labute approximate surface area is 163 Å². The van der Waals surface area contributed by atoms with Gasteiger partial charge in [0.05, 0.1) is 5.71 Å². The van der Waals surface area contributed by atoms with E-state index in [-0.39, 0.29) is 11.5 Å². The Hall–Kier alpha value is -2.85. The zero-order chi connectivity index (χ0) is 19.4. The third kappa shape index (κ3) is 4.29. The van der Waals surface area contributed by atoms with Gasteiger partial charge in [0.25, 0.3) is 5.56 Å². The van der Waals surface area contributed by atoms with Gasteiger partial charge in [-0.3, -0.25) is 4.79 Å². The van der Waals surface area contributed by atoms with Crippen LogP contribution in [0.1, 0.15) is 40.2 Å². The summed E-state index contributed by atoms with van der Waals surface area (Å²) >= 11 is 6.13. The number of H-pyrrole nitrogens is 1. The molecule has 0 aliphatic rings. The second-order valence-corrected chi connectivity index (χ2v) is 7.05. The fourth-order valence-corrected chi connectivity index (χ4v) is 3.52. The Morgan fingerprint density at radius 1 is 1.11 bits per heavy atom. The monoisotopic (exact) mass is 380 g/mol. The molecular weight excluding hydrogens is 360 g/mol. The van der Waals surface area contributed by atoms with Gasteiger partial charge < -0.3 is 10.2 Å². The van der Waals surface area contributed by atoms with Crippen molar-refractivity contribution in [1.29, 1.82) is 0 Å². The van der Waals surface area contributed by atoms with Crippen LogP contribution in [0.3, 0.4) is 0 Å². The van der Waals surface area contributed by atoms with E-state index in [1.54, 1.807) is 19.2 Å². The molecule has 0 saturated heterocycles. The van der Waals surface area contributed by atoms with Crippen molar-refractivity contribution in [2.24, 2.45) is 5.16 Å². The molecule has 1 heterocycles. The van der Waals surface area contributed by atoms with Crippen molar-refractivity contribution in [1.82, 2.24) is 4.98 Å². The minimum Gasteiger partial charge on any atom is -0.411 e. The zero-order valence-corrected chi connectivity index (χ0v) is 16.0. The third-order valence-corrected chi connectivity index (χ3v) is 4.98. The molecule has 2 aromatic carbocycles. The topological polar surface area (TPSA) is 65.5 Å². The summed E-state index contributed by atoms with van der Waals surface area (Å²) in [6.07, 6.45) is 2.07. The van der Waals surface area contributed by atoms with Crippen LogP contribution < -0.4 is 5.56 Å². The van der Waals surface area contributed by atoms with E-state index in [1.165, 1.54) is 0 Å². The summed E-state index contributed by atoms with van der Waals surface area (Å²) in [6, 6.07) is 17.7. The number of halogens is 1. The summed E-state index contributed by atoms with van der Waals surface area (Å²) < 4.78 is 0. The van der Waals surface area contributed by atoms with Crippen molar-refractivity contribution in [2.75, 3.05) is 0 Å². The minimum atomic E-state index is -0.149. The van der Waals surface area contributed by atoms with Crippen molar-refractivity contribution < 1.29 is 5.21 Å². The van der Waals surface area contributed by atoms with Crippen molar-refractivity contribution in [2.45, 2.75) is 26.2 Å². The Morgan fingerprint density at radius 3 is 2.48 bits per heavy atom. The second kappa shape index (κ2) is 8.23. The highest BCUT2D eigenvalue weighted by Gasteiger charge is 2.20. The highest BCUT2D eigenvalue weighted by Crippen LogP contribution is 2.33. The number of nitrogens with zero attached hydrogens (tertiary/aromatic N) is 1. The number of aromatic nitrogens is 1. The molecule has 0 bridgehead atoms. The Balaban J connectivity index is 2.05. The van der Waals surface area contributed by atoms with Crippen molar-refractivity contribution >= 4 is 17.3 Å². The van der Waals surface area contributed by atoms with Gasteiger partial charge in [-0.25, -0.2) is 0 Å². The molecule has 1 unspecified atom stereocenters. The molecule has 138 valence electrons. The number of oxime groups is 1. The van der Waals surface area contributed by atoms with Crippen LogP contribution in [0, 0.1) is 13.8 Å². The average molecular weight is 381 g/mol. The number of rotatable bonds is 5. The first-order valence-electron chi connectivity index (χ1n) is 8.71. The van der Waals surface area contributed by atoms with Gasteiger partial charge in [-0.15, -0.1) is 0 Å². The van der Waals surface area contributed by atoms with Gasteiger partial charge in [-0.2, -0.15) is 0 Å². The molecular formula is C22H21ClN2O2. The molecule has 0 spiro atoms. The molecule has 0 aliphatic heterocycles. The highest BCUT2D eigenvalue weighted by atomic mass is 35.5. The minimum absolute atomic E-state index is 0.0124. The van der Waals surface area contributed by atoms with Gasteiger partial charge in [0.1, 0.15) is 0 Å². The molecule has 4 nitrogen and oxygen atoms in total. The normalized spacial score (nSPS) is 12.8. The second-order valence-electron chi connectivity index (χ2n) is 6.62. The summed E-state index contributed by atoms with van der Waals surface area (Å²) in [5, 5.41) is 13.9. The quantitative estimate of drug-likeness (QED) is 0.369. The molecule has 1 atom stereocenters. The molecule has 0 fully saturated rings. The molecule has 0 saturated carbocycles. The van der Waals surface area contributed by atoms with E-state index < -0.39 is 0 Å². The predicted molar refractivity (Wildman–Crippen MR) is 109 cm³/mol. The number of hydrogen-bond donors (Lipinski definition) is 2. The zero-order valence-electron chi connectivity index (χ0n) is 15.2. The summed E-state index contributed by atoms with van der Waals surface area (Å²) in [7, 11) is 0. The number of aromatic amines is 1. The lowest BCUT2D eigenvalue weighted by molar-refractivity contribution is 0.317. The molecule has 5 heteroatoms. The van der Waals surface area contributed by atoms with Crippen LogP contribution in [0.5, 0.6) is 0 Å². The first kappa shape index (κ1) is 18.9. The maximum Gasteiger partial charge on any atom is 0.250 e. The smallest absolute Gasteiger partial charge is 0.250 e. The molecule has 3 rings (SSSR count). The lowest BCUT2D eigenvalue weighted by atomic mass is 9.83. The molecule has 0 aliphatic carbocycles. The van der Waals surface area contributed by atoms with Crippen LogP contribution in [0.15, 0.2) is 70.7 Å². The lowest BCUT2D eigenvalue weighted by Crippen LogP contribution is -2.15. The summed E-state index contributed by atoms with van der Waals surface area (Å²) in [4.78, 5) is 14.3. The maximum absolute atomic E-state index is 11.7. The van der Waals surface area contributed by atoms with Gasteiger partial charge in [0.2, 0.25) is 0 Å². The van der Waals surface area contributed by atoms with E-state index in [2.05, 4.69) is 22.3 Å². The van der Waals surface area contributed by atoms with Crippen LogP contribution >= 0.6 is 11.6 Å². The van der Waals surface area contributed by atoms with E-state index in [1.807, 2.05) is 43.3 Å². The lowest BCUT2D eigenvalue weighted by Gasteiger charge is -2.21.